The number of hydrogen-bond acceptors (Lipinski definition) is 4. The van der Waals surface area contributed by atoms with Crippen LogP contribution in [-0.2, 0) is 16.6 Å². The Balaban J connectivity index is 1.83. The smallest absolute Gasteiger partial charge is 0.262 e. The Morgan fingerprint density at radius 2 is 1.77 bits per heavy atom. The first kappa shape index (κ1) is 26.1. The number of rotatable bonds is 12. The summed E-state index contributed by atoms with van der Waals surface area (Å²) < 4.78 is 7.24. The first-order valence-electron chi connectivity index (χ1n) is 12.4. The molecule has 0 bridgehead atoms. The molecule has 0 atom stereocenters. The molecule has 0 aliphatic carbocycles. The Morgan fingerprint density at radius 1 is 1.06 bits per heavy atom. The fourth-order valence-corrected chi connectivity index (χ4v) is 4.23. The Labute approximate surface area is 208 Å². The standard InChI is InChI=1S/C29H36N4O2/c1-5-15-33(16-6-2)27-11-10-22-18-24(9-8-23(22)19-27)28-13-12-26(32(28)4)20-25(21-30)29(34)31-14-17-35-7-3/h8-13,18-20H,5-7,14-17H2,1-4H3,(H,31,34)/b25-20+. The number of nitrogens with one attached hydrogen (secondary N) is 1. The second-order valence-corrected chi connectivity index (χ2v) is 8.56. The van der Waals surface area contributed by atoms with Gasteiger partial charge in [0.05, 0.1) is 6.61 Å². The van der Waals surface area contributed by atoms with Gasteiger partial charge >= 0.3 is 0 Å². The zero-order valence-corrected chi connectivity index (χ0v) is 21.3. The van der Waals surface area contributed by atoms with E-state index >= 15 is 0 Å². The molecule has 6 nitrogen and oxygen atoms in total. The van der Waals surface area contributed by atoms with Crippen molar-refractivity contribution in [2.75, 3.05) is 37.7 Å². The molecule has 1 N–H and O–H groups in total. The van der Waals surface area contributed by atoms with E-state index in [1.807, 2.05) is 36.7 Å². The lowest BCUT2D eigenvalue weighted by atomic mass is 10.0. The normalized spacial score (nSPS) is 11.5. The largest absolute Gasteiger partial charge is 0.380 e. The van der Waals surface area contributed by atoms with Crippen molar-refractivity contribution in [1.82, 2.24) is 9.88 Å². The second kappa shape index (κ2) is 12.8. The molecule has 1 amide bonds. The SMILES string of the molecule is CCCN(CCC)c1ccc2cc(-c3ccc(/C=C(\C#N)C(=O)NCCOCC)n3C)ccc2c1. The van der Waals surface area contributed by atoms with Crippen molar-refractivity contribution in [3.8, 4) is 17.3 Å². The maximum Gasteiger partial charge on any atom is 0.262 e. The van der Waals surface area contributed by atoms with Gasteiger partial charge in [0.25, 0.3) is 5.91 Å². The Hall–Kier alpha value is -3.56. The Bertz CT molecular complexity index is 1210. The van der Waals surface area contributed by atoms with Crippen molar-refractivity contribution in [2.45, 2.75) is 33.6 Å². The second-order valence-electron chi connectivity index (χ2n) is 8.56. The number of aromatic nitrogens is 1. The minimum Gasteiger partial charge on any atom is -0.380 e. The van der Waals surface area contributed by atoms with Gasteiger partial charge in [-0.3, -0.25) is 4.79 Å². The predicted octanol–water partition coefficient (Wildman–Crippen LogP) is 5.53. The Morgan fingerprint density at radius 3 is 2.46 bits per heavy atom. The molecule has 0 aliphatic rings. The van der Waals surface area contributed by atoms with Crippen LogP contribution < -0.4 is 10.2 Å². The number of ether oxygens (including phenoxy) is 1. The van der Waals surface area contributed by atoms with E-state index in [-0.39, 0.29) is 5.57 Å². The van der Waals surface area contributed by atoms with Crippen molar-refractivity contribution in [3.63, 3.8) is 0 Å². The average Bonchev–Trinajstić information content (AvgIpc) is 3.24. The number of nitriles is 1. The number of hydrogen-bond donors (Lipinski definition) is 1. The summed E-state index contributed by atoms with van der Waals surface area (Å²) in [6.45, 7) is 9.84. The highest BCUT2D eigenvalue weighted by molar-refractivity contribution is 6.01. The van der Waals surface area contributed by atoms with Crippen molar-refractivity contribution >= 4 is 28.4 Å². The fourth-order valence-electron chi connectivity index (χ4n) is 4.23. The summed E-state index contributed by atoms with van der Waals surface area (Å²) in [6.07, 6.45) is 3.89. The van der Waals surface area contributed by atoms with Crippen LogP contribution in [-0.4, -0.2) is 43.3 Å². The molecule has 0 saturated carbocycles. The molecular weight excluding hydrogens is 436 g/mol. The molecule has 0 saturated heterocycles. The van der Waals surface area contributed by atoms with Crippen molar-refractivity contribution in [3.05, 3.63) is 59.8 Å². The summed E-state index contributed by atoms with van der Waals surface area (Å²) in [5, 5.41) is 14.6. The van der Waals surface area contributed by atoms with Gasteiger partial charge < -0.3 is 19.5 Å². The molecule has 2 aromatic carbocycles. The van der Waals surface area contributed by atoms with Crippen LogP contribution in [0.15, 0.2) is 54.1 Å². The first-order chi connectivity index (χ1) is 17.0. The molecule has 0 fully saturated rings. The first-order valence-corrected chi connectivity index (χ1v) is 12.4. The minimum absolute atomic E-state index is 0.0732. The lowest BCUT2D eigenvalue weighted by Gasteiger charge is -2.24. The van der Waals surface area contributed by atoms with Crippen LogP contribution >= 0.6 is 0 Å². The maximum atomic E-state index is 12.4. The van der Waals surface area contributed by atoms with Crippen LogP contribution in [0, 0.1) is 11.3 Å². The molecule has 0 unspecified atom stereocenters. The van der Waals surface area contributed by atoms with Crippen LogP contribution in [0.3, 0.4) is 0 Å². The minimum atomic E-state index is -0.392. The summed E-state index contributed by atoms with van der Waals surface area (Å²) in [4.78, 5) is 14.8. The number of nitrogens with zero attached hydrogens (tertiary/aromatic N) is 3. The topological polar surface area (TPSA) is 70.3 Å². The van der Waals surface area contributed by atoms with Gasteiger partial charge in [0, 0.05) is 50.4 Å². The molecular formula is C29H36N4O2. The van der Waals surface area contributed by atoms with E-state index in [1.54, 1.807) is 6.08 Å². The van der Waals surface area contributed by atoms with E-state index in [9.17, 15) is 10.1 Å². The fraction of sp³-hybridized carbons (Fsp3) is 0.379. The van der Waals surface area contributed by atoms with Crippen molar-refractivity contribution in [2.24, 2.45) is 7.05 Å². The van der Waals surface area contributed by atoms with Crippen LogP contribution in [0.1, 0.15) is 39.3 Å². The van der Waals surface area contributed by atoms with Gasteiger partial charge in [0.2, 0.25) is 0 Å². The van der Waals surface area contributed by atoms with E-state index in [2.05, 4.69) is 60.5 Å². The van der Waals surface area contributed by atoms with Gasteiger partial charge in [0.1, 0.15) is 11.6 Å². The molecule has 3 aromatic rings. The van der Waals surface area contributed by atoms with Gasteiger partial charge in [-0.25, -0.2) is 0 Å². The van der Waals surface area contributed by atoms with Gasteiger partial charge in [0.15, 0.2) is 0 Å². The zero-order valence-electron chi connectivity index (χ0n) is 21.3. The molecule has 6 heteroatoms. The predicted molar refractivity (Wildman–Crippen MR) is 144 cm³/mol. The number of benzene rings is 2. The number of carbonyl (C=O) groups is 1. The lowest BCUT2D eigenvalue weighted by molar-refractivity contribution is -0.117. The van der Waals surface area contributed by atoms with Crippen LogP contribution in [0.2, 0.25) is 0 Å². The average molecular weight is 473 g/mol. The number of carbonyl (C=O) groups excluding carboxylic acids is 1. The summed E-state index contributed by atoms with van der Waals surface area (Å²) in [6, 6.07) is 19.1. The van der Waals surface area contributed by atoms with Crippen molar-refractivity contribution < 1.29 is 9.53 Å². The van der Waals surface area contributed by atoms with E-state index < -0.39 is 5.91 Å². The van der Waals surface area contributed by atoms with E-state index in [0.717, 1.165) is 42.9 Å². The number of anilines is 1. The summed E-state index contributed by atoms with van der Waals surface area (Å²) in [7, 11) is 1.95. The highest BCUT2D eigenvalue weighted by atomic mass is 16.5. The highest BCUT2D eigenvalue weighted by Crippen LogP contribution is 2.29. The molecule has 184 valence electrons. The van der Waals surface area contributed by atoms with Gasteiger partial charge in [-0.05, 0) is 72.5 Å². The molecule has 1 aromatic heterocycles. The van der Waals surface area contributed by atoms with Crippen molar-refractivity contribution in [1.29, 1.82) is 5.26 Å². The molecule has 0 radical (unpaired) electrons. The summed E-state index contributed by atoms with van der Waals surface area (Å²) in [5.74, 6) is -0.392. The molecule has 0 spiro atoms. The van der Waals surface area contributed by atoms with Gasteiger partial charge in [-0.1, -0.05) is 32.0 Å². The molecule has 35 heavy (non-hydrogen) atoms. The van der Waals surface area contributed by atoms with Crippen LogP contribution in [0.25, 0.3) is 28.1 Å². The third-order valence-electron chi connectivity index (χ3n) is 6.03. The van der Waals surface area contributed by atoms with Crippen LogP contribution in [0.5, 0.6) is 0 Å². The molecule has 0 aliphatic heterocycles. The quantitative estimate of drug-likeness (QED) is 0.214. The monoisotopic (exact) mass is 472 g/mol. The number of amides is 1. The summed E-state index contributed by atoms with van der Waals surface area (Å²) in [5.41, 5.74) is 4.25. The maximum absolute atomic E-state index is 12.4. The summed E-state index contributed by atoms with van der Waals surface area (Å²) >= 11 is 0. The van der Waals surface area contributed by atoms with Crippen LogP contribution in [0.4, 0.5) is 5.69 Å². The van der Waals surface area contributed by atoms with E-state index in [1.165, 1.54) is 16.5 Å². The van der Waals surface area contributed by atoms with Gasteiger partial charge in [-0.15, -0.1) is 0 Å². The Kier molecular flexibility index (Phi) is 9.51. The third kappa shape index (κ3) is 6.52. The lowest BCUT2D eigenvalue weighted by Crippen LogP contribution is -2.28. The van der Waals surface area contributed by atoms with E-state index in [4.69, 9.17) is 4.74 Å². The zero-order chi connectivity index (χ0) is 25.2. The molecule has 1 heterocycles. The molecule has 3 rings (SSSR count). The third-order valence-corrected chi connectivity index (χ3v) is 6.03. The van der Waals surface area contributed by atoms with E-state index in [0.29, 0.717) is 19.8 Å². The van der Waals surface area contributed by atoms with Gasteiger partial charge in [-0.2, -0.15) is 5.26 Å². The number of fused-ring (bicyclic) bond motifs is 1. The highest BCUT2D eigenvalue weighted by Gasteiger charge is 2.12.